The number of rotatable bonds is 3. The van der Waals surface area contributed by atoms with Crippen molar-refractivity contribution in [2.45, 2.75) is 38.6 Å². The Labute approximate surface area is 63.3 Å². The smallest absolute Gasteiger partial charge is 0.00105 e. The molecule has 1 heteroatoms. The van der Waals surface area contributed by atoms with Crippen molar-refractivity contribution in [2.75, 3.05) is 0 Å². The van der Waals surface area contributed by atoms with Gasteiger partial charge in [0.1, 0.15) is 0 Å². The number of hydrogen-bond donors (Lipinski definition) is 1. The molecule has 1 unspecified atom stereocenters. The van der Waals surface area contributed by atoms with Crippen molar-refractivity contribution in [3.63, 3.8) is 0 Å². The molecule has 1 aliphatic carbocycles. The van der Waals surface area contributed by atoms with Crippen molar-refractivity contribution >= 4 is 0 Å². The monoisotopic (exact) mass is 139 g/mol. The zero-order valence-corrected chi connectivity index (χ0v) is 6.72. The fraction of sp³-hybridized carbons (Fsp3) is 0.778. The van der Waals surface area contributed by atoms with Crippen LogP contribution in [0, 0.1) is 5.92 Å². The van der Waals surface area contributed by atoms with Gasteiger partial charge in [-0.15, -0.1) is 0 Å². The third kappa shape index (κ3) is 2.53. The standard InChI is InChI=1S/C9H17N/c1-8(10)6-7-9-4-2-3-5-9/h2-3,8-9H,4-7,10H2,1H3. The molecule has 58 valence electrons. The summed E-state index contributed by atoms with van der Waals surface area (Å²) in [6.07, 6.45) is 9.63. The van der Waals surface area contributed by atoms with Gasteiger partial charge < -0.3 is 5.73 Å². The predicted molar refractivity (Wildman–Crippen MR) is 44.7 cm³/mol. The molecule has 0 aliphatic heterocycles. The normalized spacial score (nSPS) is 21.8. The minimum Gasteiger partial charge on any atom is -0.328 e. The highest BCUT2D eigenvalue weighted by atomic mass is 14.6. The van der Waals surface area contributed by atoms with Crippen LogP contribution in [-0.4, -0.2) is 6.04 Å². The highest BCUT2D eigenvalue weighted by molar-refractivity contribution is 4.93. The average molecular weight is 139 g/mol. The Morgan fingerprint density at radius 3 is 2.60 bits per heavy atom. The number of nitrogens with two attached hydrogens (primary N) is 1. The maximum atomic E-state index is 5.65. The van der Waals surface area contributed by atoms with Crippen molar-refractivity contribution in [1.29, 1.82) is 0 Å². The van der Waals surface area contributed by atoms with Gasteiger partial charge in [0, 0.05) is 6.04 Å². The van der Waals surface area contributed by atoms with Crippen LogP contribution in [0.15, 0.2) is 12.2 Å². The van der Waals surface area contributed by atoms with Gasteiger partial charge in [-0.25, -0.2) is 0 Å². The largest absolute Gasteiger partial charge is 0.328 e. The summed E-state index contributed by atoms with van der Waals surface area (Å²) >= 11 is 0. The first-order chi connectivity index (χ1) is 4.79. The zero-order chi connectivity index (χ0) is 7.40. The quantitative estimate of drug-likeness (QED) is 0.595. The lowest BCUT2D eigenvalue weighted by Crippen LogP contribution is -2.15. The van der Waals surface area contributed by atoms with Crippen molar-refractivity contribution in [3.8, 4) is 0 Å². The summed E-state index contributed by atoms with van der Waals surface area (Å²) in [5.41, 5.74) is 5.65. The fourth-order valence-corrected chi connectivity index (χ4v) is 1.41. The highest BCUT2D eigenvalue weighted by Gasteiger charge is 2.09. The van der Waals surface area contributed by atoms with E-state index < -0.39 is 0 Å². The minimum absolute atomic E-state index is 0.389. The fourth-order valence-electron chi connectivity index (χ4n) is 1.41. The Morgan fingerprint density at radius 1 is 1.50 bits per heavy atom. The van der Waals surface area contributed by atoms with E-state index in [2.05, 4.69) is 19.1 Å². The molecule has 0 saturated heterocycles. The van der Waals surface area contributed by atoms with Crippen LogP contribution in [-0.2, 0) is 0 Å². The lowest BCUT2D eigenvalue weighted by atomic mass is 9.99. The van der Waals surface area contributed by atoms with E-state index in [9.17, 15) is 0 Å². The molecule has 0 radical (unpaired) electrons. The van der Waals surface area contributed by atoms with Gasteiger partial charge in [-0.3, -0.25) is 0 Å². The van der Waals surface area contributed by atoms with Crippen LogP contribution in [0.1, 0.15) is 32.6 Å². The first-order valence-electron chi connectivity index (χ1n) is 4.19. The summed E-state index contributed by atoms with van der Waals surface area (Å²) in [5.74, 6) is 0.908. The molecule has 1 atom stereocenters. The molecule has 1 aliphatic rings. The van der Waals surface area contributed by atoms with Gasteiger partial charge in [-0.2, -0.15) is 0 Å². The second kappa shape index (κ2) is 3.77. The molecule has 0 bridgehead atoms. The Hall–Kier alpha value is -0.300. The highest BCUT2D eigenvalue weighted by Crippen LogP contribution is 2.22. The summed E-state index contributed by atoms with van der Waals surface area (Å²) in [6, 6.07) is 0.389. The Balaban J connectivity index is 2.03. The molecule has 0 aromatic rings. The van der Waals surface area contributed by atoms with Crippen molar-refractivity contribution in [2.24, 2.45) is 11.7 Å². The Bertz CT molecular complexity index is 108. The topological polar surface area (TPSA) is 26.0 Å². The van der Waals surface area contributed by atoms with Crippen molar-refractivity contribution < 1.29 is 0 Å². The van der Waals surface area contributed by atoms with E-state index in [-0.39, 0.29) is 0 Å². The predicted octanol–water partition coefficient (Wildman–Crippen LogP) is 2.08. The number of allylic oxidation sites excluding steroid dienone is 2. The molecule has 0 amide bonds. The third-order valence-corrected chi connectivity index (χ3v) is 2.14. The molecule has 10 heavy (non-hydrogen) atoms. The van der Waals surface area contributed by atoms with Crippen LogP contribution in [0.4, 0.5) is 0 Å². The van der Waals surface area contributed by atoms with Crippen LogP contribution >= 0.6 is 0 Å². The van der Waals surface area contributed by atoms with Crippen molar-refractivity contribution in [3.05, 3.63) is 12.2 Å². The maximum absolute atomic E-state index is 5.65. The third-order valence-electron chi connectivity index (χ3n) is 2.14. The second-order valence-corrected chi connectivity index (χ2v) is 3.36. The molecule has 0 fully saturated rings. The molecule has 1 rings (SSSR count). The van der Waals surface area contributed by atoms with Gasteiger partial charge in [0.05, 0.1) is 0 Å². The summed E-state index contributed by atoms with van der Waals surface area (Å²) in [4.78, 5) is 0. The molecule has 0 aromatic heterocycles. The van der Waals surface area contributed by atoms with Crippen LogP contribution in [0.5, 0.6) is 0 Å². The van der Waals surface area contributed by atoms with E-state index in [1.807, 2.05) is 0 Å². The Kier molecular flexibility index (Phi) is 2.94. The summed E-state index contributed by atoms with van der Waals surface area (Å²) in [7, 11) is 0. The van der Waals surface area contributed by atoms with Crippen LogP contribution < -0.4 is 5.73 Å². The first kappa shape index (κ1) is 7.80. The van der Waals surface area contributed by atoms with E-state index in [1.54, 1.807) is 0 Å². The van der Waals surface area contributed by atoms with E-state index in [1.165, 1.54) is 25.7 Å². The second-order valence-electron chi connectivity index (χ2n) is 3.36. The SMILES string of the molecule is CC(N)CCC1CC=CC1. The number of hydrogen-bond acceptors (Lipinski definition) is 1. The molecule has 1 nitrogen and oxygen atoms in total. The van der Waals surface area contributed by atoms with E-state index in [4.69, 9.17) is 5.73 Å². The lowest BCUT2D eigenvalue weighted by Gasteiger charge is -2.09. The van der Waals surface area contributed by atoms with Crippen molar-refractivity contribution in [1.82, 2.24) is 0 Å². The molecule has 0 saturated carbocycles. The van der Waals surface area contributed by atoms with Gasteiger partial charge in [0.15, 0.2) is 0 Å². The minimum atomic E-state index is 0.389. The molecule has 0 heterocycles. The Morgan fingerprint density at radius 2 is 2.10 bits per heavy atom. The van der Waals surface area contributed by atoms with Gasteiger partial charge in [0.2, 0.25) is 0 Å². The molecular weight excluding hydrogens is 122 g/mol. The first-order valence-corrected chi connectivity index (χ1v) is 4.19. The van der Waals surface area contributed by atoms with Gasteiger partial charge in [-0.1, -0.05) is 12.2 Å². The van der Waals surface area contributed by atoms with Crippen LogP contribution in [0.3, 0.4) is 0 Å². The average Bonchev–Trinajstić information content (AvgIpc) is 2.34. The van der Waals surface area contributed by atoms with E-state index in [0.717, 1.165) is 5.92 Å². The van der Waals surface area contributed by atoms with Crippen LogP contribution in [0.25, 0.3) is 0 Å². The summed E-state index contributed by atoms with van der Waals surface area (Å²) < 4.78 is 0. The molecule has 0 aromatic carbocycles. The van der Waals surface area contributed by atoms with Crippen LogP contribution in [0.2, 0.25) is 0 Å². The maximum Gasteiger partial charge on any atom is 0.00105 e. The molecular formula is C9H17N. The summed E-state index contributed by atoms with van der Waals surface area (Å²) in [5, 5.41) is 0. The zero-order valence-electron chi connectivity index (χ0n) is 6.72. The van der Waals surface area contributed by atoms with Gasteiger partial charge in [0.25, 0.3) is 0 Å². The molecule has 2 N–H and O–H groups in total. The molecule has 0 spiro atoms. The van der Waals surface area contributed by atoms with E-state index >= 15 is 0 Å². The lowest BCUT2D eigenvalue weighted by molar-refractivity contribution is 0.471. The van der Waals surface area contributed by atoms with Gasteiger partial charge in [-0.05, 0) is 38.5 Å². The van der Waals surface area contributed by atoms with Gasteiger partial charge >= 0.3 is 0 Å². The summed E-state index contributed by atoms with van der Waals surface area (Å²) in [6.45, 7) is 2.09. The van der Waals surface area contributed by atoms with E-state index in [0.29, 0.717) is 6.04 Å².